The Balaban J connectivity index is 3.06. The second kappa shape index (κ2) is 4.85. The average Bonchev–Trinajstić information content (AvgIpc) is 1.79. The number of hydrogen-bond acceptors (Lipinski definition) is 2. The molecule has 0 aromatic rings. The monoisotopic (exact) mass is 143 g/mol. The fourth-order valence-corrected chi connectivity index (χ4v) is 0.452. The maximum atomic E-state index is 10.3. The van der Waals surface area contributed by atoms with Crippen molar-refractivity contribution in [3.8, 4) is 0 Å². The molecule has 1 amide bonds. The van der Waals surface area contributed by atoms with Gasteiger partial charge in [0.25, 0.3) is 0 Å². The van der Waals surface area contributed by atoms with Crippen LogP contribution in [-0.2, 0) is 9.53 Å². The van der Waals surface area contributed by atoms with Crippen molar-refractivity contribution in [1.29, 1.82) is 0 Å². The minimum atomic E-state index is -0.0367. The van der Waals surface area contributed by atoms with E-state index in [1.165, 1.54) is 6.92 Å². The Labute approximate surface area is 61.1 Å². The van der Waals surface area contributed by atoms with Crippen LogP contribution in [0.3, 0.4) is 0 Å². The zero-order valence-electron chi connectivity index (χ0n) is 6.44. The predicted octanol–water partition coefficient (Wildman–Crippen LogP) is 0.673. The quantitative estimate of drug-likeness (QED) is 0.464. The smallest absolute Gasteiger partial charge is 0.216 e. The molecular weight excluding hydrogens is 130 g/mol. The van der Waals surface area contributed by atoms with Gasteiger partial charge in [-0.05, 0) is 6.92 Å². The Morgan fingerprint density at radius 1 is 1.60 bits per heavy atom. The number of ether oxygens (including phenoxy) is 1. The minimum Gasteiger partial charge on any atom is -0.497 e. The van der Waals surface area contributed by atoms with Crippen LogP contribution in [0.2, 0.25) is 0 Å². The summed E-state index contributed by atoms with van der Waals surface area (Å²) in [5.74, 6) is 0.635. The largest absolute Gasteiger partial charge is 0.497 e. The van der Waals surface area contributed by atoms with Crippen LogP contribution < -0.4 is 5.32 Å². The Kier molecular flexibility index (Phi) is 4.37. The molecule has 0 spiro atoms. The molecule has 0 aliphatic heterocycles. The molecule has 3 nitrogen and oxygen atoms in total. The third-order valence-electron chi connectivity index (χ3n) is 0.824. The highest BCUT2D eigenvalue weighted by Crippen LogP contribution is 1.86. The molecule has 0 aromatic heterocycles. The number of carbonyl (C=O) groups is 1. The number of hydrogen-bond donors (Lipinski definition) is 1. The Bertz CT molecular complexity index is 116. The first-order valence-corrected chi connectivity index (χ1v) is 3.15. The number of amides is 1. The molecule has 58 valence electrons. The molecule has 0 bridgehead atoms. The van der Waals surface area contributed by atoms with Crippen LogP contribution in [0.5, 0.6) is 0 Å². The second-order valence-electron chi connectivity index (χ2n) is 2.03. The number of allylic oxidation sites excluding steroid dienone is 1. The summed E-state index contributed by atoms with van der Waals surface area (Å²) in [5, 5.41) is 2.60. The van der Waals surface area contributed by atoms with Crippen LogP contribution in [0, 0.1) is 0 Å². The molecule has 0 aliphatic carbocycles. The van der Waals surface area contributed by atoms with Crippen molar-refractivity contribution < 1.29 is 9.53 Å². The molecule has 0 saturated carbocycles. The molecule has 0 fully saturated rings. The van der Waals surface area contributed by atoms with Crippen LogP contribution in [0.4, 0.5) is 0 Å². The first-order valence-electron chi connectivity index (χ1n) is 3.15. The summed E-state index contributed by atoms with van der Waals surface area (Å²) in [7, 11) is 0. The normalized spacial score (nSPS) is 8.60. The van der Waals surface area contributed by atoms with Crippen molar-refractivity contribution in [3.05, 3.63) is 12.3 Å². The van der Waals surface area contributed by atoms with Gasteiger partial charge in [0.05, 0.1) is 12.3 Å². The summed E-state index contributed by atoms with van der Waals surface area (Å²) >= 11 is 0. The van der Waals surface area contributed by atoms with Gasteiger partial charge < -0.3 is 10.1 Å². The number of nitrogens with one attached hydrogen (secondary N) is 1. The zero-order valence-corrected chi connectivity index (χ0v) is 6.44. The summed E-state index contributed by atoms with van der Waals surface area (Å²) in [6, 6.07) is 0. The Morgan fingerprint density at radius 3 is 2.60 bits per heavy atom. The lowest BCUT2D eigenvalue weighted by molar-refractivity contribution is -0.119. The van der Waals surface area contributed by atoms with Crippen LogP contribution in [0.1, 0.15) is 13.8 Å². The summed E-state index contributed by atoms with van der Waals surface area (Å²) in [5.41, 5.74) is 0. The predicted molar refractivity (Wildman–Crippen MR) is 39.4 cm³/mol. The highest BCUT2D eigenvalue weighted by Gasteiger charge is 1.89. The number of carbonyl (C=O) groups excluding carboxylic acids is 1. The molecule has 1 N–H and O–H groups in total. The maximum absolute atomic E-state index is 10.3. The average molecular weight is 143 g/mol. The summed E-state index contributed by atoms with van der Waals surface area (Å²) < 4.78 is 4.98. The standard InChI is InChI=1S/C7H13NO2/c1-6(2)10-5-4-8-7(3)9/h1,4-5H2,2-3H3,(H,8,9). The molecule has 0 atom stereocenters. The van der Waals surface area contributed by atoms with E-state index in [2.05, 4.69) is 11.9 Å². The lowest BCUT2D eigenvalue weighted by Gasteiger charge is -2.04. The molecule has 10 heavy (non-hydrogen) atoms. The van der Waals surface area contributed by atoms with Crippen molar-refractivity contribution in [2.75, 3.05) is 13.2 Å². The van der Waals surface area contributed by atoms with Gasteiger partial charge in [0.15, 0.2) is 0 Å². The molecule has 0 radical (unpaired) electrons. The van der Waals surface area contributed by atoms with E-state index in [1.54, 1.807) is 6.92 Å². The minimum absolute atomic E-state index is 0.0367. The first-order chi connectivity index (χ1) is 4.63. The SMILES string of the molecule is C=C(C)OCCNC(C)=O. The summed E-state index contributed by atoms with van der Waals surface area (Å²) in [6.07, 6.45) is 0. The van der Waals surface area contributed by atoms with Crippen molar-refractivity contribution in [1.82, 2.24) is 5.32 Å². The Morgan fingerprint density at radius 2 is 2.20 bits per heavy atom. The van der Waals surface area contributed by atoms with Gasteiger partial charge in [-0.25, -0.2) is 0 Å². The topological polar surface area (TPSA) is 38.3 Å². The zero-order chi connectivity index (χ0) is 7.98. The van der Waals surface area contributed by atoms with Gasteiger partial charge in [-0.15, -0.1) is 0 Å². The first kappa shape index (κ1) is 9.01. The third-order valence-corrected chi connectivity index (χ3v) is 0.824. The van der Waals surface area contributed by atoms with E-state index in [0.29, 0.717) is 18.9 Å². The van der Waals surface area contributed by atoms with Crippen molar-refractivity contribution in [2.45, 2.75) is 13.8 Å². The van der Waals surface area contributed by atoms with Gasteiger partial charge >= 0.3 is 0 Å². The molecule has 3 heteroatoms. The van der Waals surface area contributed by atoms with Crippen LogP contribution in [-0.4, -0.2) is 19.1 Å². The summed E-state index contributed by atoms with van der Waals surface area (Å²) in [6.45, 7) is 7.82. The van der Waals surface area contributed by atoms with Crippen molar-refractivity contribution >= 4 is 5.91 Å². The molecule has 0 saturated heterocycles. The van der Waals surface area contributed by atoms with E-state index in [0.717, 1.165) is 0 Å². The Hall–Kier alpha value is -0.990. The van der Waals surface area contributed by atoms with Crippen LogP contribution in [0.15, 0.2) is 12.3 Å². The fraction of sp³-hybridized carbons (Fsp3) is 0.571. The van der Waals surface area contributed by atoms with E-state index in [1.807, 2.05) is 0 Å². The molecule has 0 heterocycles. The lowest BCUT2D eigenvalue weighted by Crippen LogP contribution is -2.24. The number of rotatable bonds is 4. The van der Waals surface area contributed by atoms with E-state index in [9.17, 15) is 4.79 Å². The van der Waals surface area contributed by atoms with Crippen molar-refractivity contribution in [3.63, 3.8) is 0 Å². The van der Waals surface area contributed by atoms with Gasteiger partial charge in [-0.3, -0.25) is 4.79 Å². The lowest BCUT2D eigenvalue weighted by atomic mass is 10.6. The van der Waals surface area contributed by atoms with Gasteiger partial charge in [-0.1, -0.05) is 6.58 Å². The van der Waals surface area contributed by atoms with Crippen LogP contribution in [0.25, 0.3) is 0 Å². The molecule has 0 unspecified atom stereocenters. The van der Waals surface area contributed by atoms with Gasteiger partial charge in [0.1, 0.15) is 6.61 Å². The van der Waals surface area contributed by atoms with E-state index >= 15 is 0 Å². The highest BCUT2D eigenvalue weighted by atomic mass is 16.5. The van der Waals surface area contributed by atoms with Gasteiger partial charge in [0, 0.05) is 6.92 Å². The molecular formula is C7H13NO2. The van der Waals surface area contributed by atoms with E-state index in [4.69, 9.17) is 4.74 Å². The van der Waals surface area contributed by atoms with Crippen molar-refractivity contribution in [2.24, 2.45) is 0 Å². The van der Waals surface area contributed by atoms with Crippen LogP contribution >= 0.6 is 0 Å². The third kappa shape index (κ3) is 7.01. The molecule has 0 rings (SSSR count). The van der Waals surface area contributed by atoms with E-state index < -0.39 is 0 Å². The maximum Gasteiger partial charge on any atom is 0.216 e. The van der Waals surface area contributed by atoms with Gasteiger partial charge in [-0.2, -0.15) is 0 Å². The fourth-order valence-electron chi connectivity index (χ4n) is 0.452. The molecule has 0 aliphatic rings. The molecule has 0 aromatic carbocycles. The summed E-state index contributed by atoms with van der Waals surface area (Å²) in [4.78, 5) is 10.3. The highest BCUT2D eigenvalue weighted by molar-refractivity contribution is 5.72. The second-order valence-corrected chi connectivity index (χ2v) is 2.03. The van der Waals surface area contributed by atoms with E-state index in [-0.39, 0.29) is 5.91 Å². The van der Waals surface area contributed by atoms with Gasteiger partial charge in [0.2, 0.25) is 5.91 Å².